The molecule has 1 saturated heterocycles. The van der Waals surface area contributed by atoms with Crippen LogP contribution in [0.3, 0.4) is 0 Å². The number of benzene rings is 1. The van der Waals surface area contributed by atoms with Crippen molar-refractivity contribution >= 4 is 22.9 Å². The van der Waals surface area contributed by atoms with Crippen LogP contribution >= 0.6 is 0 Å². The highest BCUT2D eigenvalue weighted by Gasteiger charge is 2.25. The van der Waals surface area contributed by atoms with E-state index in [1.54, 1.807) is 20.9 Å². The Bertz CT molecular complexity index is 817. The predicted octanol–water partition coefficient (Wildman–Crippen LogP) is 3.10. The molecule has 3 rings (SSSR count). The number of fused-ring (bicyclic) bond motifs is 1. The van der Waals surface area contributed by atoms with Gasteiger partial charge < -0.3 is 15.4 Å². The molecule has 3 N–H and O–H groups in total. The van der Waals surface area contributed by atoms with Gasteiger partial charge in [-0.25, -0.2) is 0 Å². The quantitative estimate of drug-likeness (QED) is 0.702. The molecule has 1 aliphatic rings. The van der Waals surface area contributed by atoms with Crippen molar-refractivity contribution < 1.29 is 9.90 Å². The number of hydrogen-bond donors (Lipinski definition) is 3. The lowest BCUT2D eigenvalue weighted by molar-refractivity contribution is -0.120. The van der Waals surface area contributed by atoms with E-state index in [-0.39, 0.29) is 5.91 Å². The maximum atomic E-state index is 11.6. The highest BCUT2D eigenvalue weighted by atomic mass is 16.3. The lowest BCUT2D eigenvalue weighted by Crippen LogP contribution is -2.34. The Hall–Kier alpha value is -2.11. The molecule has 0 radical (unpaired) electrons. The second-order valence-electron chi connectivity index (χ2n) is 8.07. The summed E-state index contributed by atoms with van der Waals surface area (Å²) in [5.74, 6) is 0.107. The monoisotopic (exact) mass is 369 g/mol. The van der Waals surface area contributed by atoms with E-state index in [0.717, 1.165) is 30.6 Å². The fraction of sp³-hybridized carbons (Fsp3) is 0.500. The number of carbonyl (C=O) groups excluding carboxylic acids is 1. The van der Waals surface area contributed by atoms with Crippen LogP contribution in [0.15, 0.2) is 30.5 Å². The van der Waals surface area contributed by atoms with Gasteiger partial charge in [0.25, 0.3) is 0 Å². The second kappa shape index (κ2) is 8.28. The Morgan fingerprint density at radius 3 is 3.00 bits per heavy atom. The van der Waals surface area contributed by atoms with E-state index in [4.69, 9.17) is 0 Å². The van der Waals surface area contributed by atoms with Crippen molar-refractivity contribution in [2.75, 3.05) is 20.1 Å². The molecular weight excluding hydrogens is 338 g/mol. The number of H-pyrrole nitrogens is 1. The van der Waals surface area contributed by atoms with Crippen LogP contribution in [0.5, 0.6) is 0 Å². The number of carbonyl (C=O) groups is 1. The van der Waals surface area contributed by atoms with Crippen LogP contribution in [0.25, 0.3) is 17.0 Å². The van der Waals surface area contributed by atoms with Crippen LogP contribution < -0.4 is 5.32 Å². The van der Waals surface area contributed by atoms with Crippen LogP contribution in [0.1, 0.15) is 44.2 Å². The van der Waals surface area contributed by atoms with Crippen LogP contribution in [0, 0.1) is 0 Å². The Kier molecular flexibility index (Phi) is 6.02. The number of amides is 1. The maximum absolute atomic E-state index is 11.6. The predicted molar refractivity (Wildman–Crippen MR) is 111 cm³/mol. The van der Waals surface area contributed by atoms with E-state index in [2.05, 4.69) is 39.6 Å². The molecule has 0 bridgehead atoms. The summed E-state index contributed by atoms with van der Waals surface area (Å²) < 4.78 is 0. The Morgan fingerprint density at radius 1 is 1.44 bits per heavy atom. The van der Waals surface area contributed by atoms with Crippen LogP contribution in [-0.2, 0) is 11.2 Å². The van der Waals surface area contributed by atoms with Crippen molar-refractivity contribution in [1.29, 1.82) is 0 Å². The fourth-order valence-corrected chi connectivity index (χ4v) is 3.81. The molecule has 1 aromatic carbocycles. The molecule has 1 atom stereocenters. The highest BCUT2D eigenvalue weighted by molar-refractivity contribution is 5.85. The molecular formula is C22H31N3O2. The number of aromatic amines is 1. The smallest absolute Gasteiger partial charge is 0.221 e. The van der Waals surface area contributed by atoms with Gasteiger partial charge in [-0.1, -0.05) is 18.2 Å². The zero-order chi connectivity index (χ0) is 19.4. The van der Waals surface area contributed by atoms with Gasteiger partial charge in [0.05, 0.1) is 5.60 Å². The number of hydrogen-bond acceptors (Lipinski definition) is 3. The normalized spacial score (nSPS) is 18.6. The van der Waals surface area contributed by atoms with Gasteiger partial charge in [-0.2, -0.15) is 0 Å². The third-order valence-corrected chi connectivity index (χ3v) is 5.33. The summed E-state index contributed by atoms with van der Waals surface area (Å²) in [4.78, 5) is 17.4. The average molecular weight is 370 g/mol. The Labute approximate surface area is 161 Å². The fourth-order valence-electron chi connectivity index (χ4n) is 3.81. The molecule has 2 heterocycles. The number of aromatic nitrogens is 1. The first-order valence-corrected chi connectivity index (χ1v) is 9.82. The molecule has 1 fully saturated rings. The van der Waals surface area contributed by atoms with Gasteiger partial charge in [0, 0.05) is 43.2 Å². The van der Waals surface area contributed by atoms with Gasteiger partial charge >= 0.3 is 0 Å². The number of nitrogens with one attached hydrogen (secondary N) is 2. The summed E-state index contributed by atoms with van der Waals surface area (Å²) in [7, 11) is 1.69. The summed E-state index contributed by atoms with van der Waals surface area (Å²) in [5.41, 5.74) is 2.74. The molecule has 1 amide bonds. The number of likely N-dealkylation sites (tertiary alicyclic amines) is 1. The Balaban J connectivity index is 1.74. The van der Waals surface area contributed by atoms with Crippen molar-refractivity contribution in [3.05, 3.63) is 41.6 Å². The molecule has 0 aliphatic carbocycles. The topological polar surface area (TPSA) is 68.4 Å². The average Bonchev–Trinajstić information content (AvgIpc) is 3.24. The third-order valence-electron chi connectivity index (χ3n) is 5.33. The number of aliphatic hydroxyl groups is 1. The molecule has 5 nitrogen and oxygen atoms in total. The first-order chi connectivity index (χ1) is 12.9. The molecule has 0 spiro atoms. The molecule has 1 aliphatic heterocycles. The third kappa shape index (κ3) is 5.21. The minimum absolute atomic E-state index is 0.107. The highest BCUT2D eigenvalue weighted by Crippen LogP contribution is 2.27. The molecule has 5 heteroatoms. The van der Waals surface area contributed by atoms with Gasteiger partial charge in [-0.05, 0) is 62.9 Å². The Morgan fingerprint density at radius 2 is 2.26 bits per heavy atom. The van der Waals surface area contributed by atoms with E-state index < -0.39 is 5.60 Å². The lowest BCUT2D eigenvalue weighted by atomic mass is 10.0. The first-order valence-electron chi connectivity index (χ1n) is 9.82. The molecule has 146 valence electrons. The summed E-state index contributed by atoms with van der Waals surface area (Å²) >= 11 is 0. The van der Waals surface area contributed by atoms with Crippen LogP contribution in [-0.4, -0.2) is 52.7 Å². The van der Waals surface area contributed by atoms with Crippen molar-refractivity contribution in [1.82, 2.24) is 15.2 Å². The second-order valence-corrected chi connectivity index (χ2v) is 8.07. The molecule has 27 heavy (non-hydrogen) atoms. The van der Waals surface area contributed by atoms with Crippen molar-refractivity contribution in [2.24, 2.45) is 0 Å². The summed E-state index contributed by atoms with van der Waals surface area (Å²) in [6.45, 7) is 5.45. The lowest BCUT2D eigenvalue weighted by Gasteiger charge is -2.24. The first kappa shape index (κ1) is 19.6. The van der Waals surface area contributed by atoms with Gasteiger partial charge in [-0.15, -0.1) is 0 Å². The summed E-state index contributed by atoms with van der Waals surface area (Å²) in [5, 5.41) is 13.9. The minimum Gasteiger partial charge on any atom is -0.386 e. The SMILES string of the molecule is CNC(=O)CCN1CCC[C@@H]1Cc1c[nH]c2ccc(/C=C/C(C)(C)O)cc12. The molecule has 0 unspecified atom stereocenters. The number of rotatable bonds is 7. The zero-order valence-electron chi connectivity index (χ0n) is 16.6. The van der Waals surface area contributed by atoms with E-state index in [1.165, 1.54) is 23.8 Å². The van der Waals surface area contributed by atoms with Crippen molar-refractivity contribution in [2.45, 2.75) is 51.2 Å². The van der Waals surface area contributed by atoms with Crippen molar-refractivity contribution in [3.8, 4) is 0 Å². The minimum atomic E-state index is -0.814. The maximum Gasteiger partial charge on any atom is 0.221 e. The number of nitrogens with zero attached hydrogens (tertiary/aromatic N) is 1. The van der Waals surface area contributed by atoms with Gasteiger partial charge in [0.1, 0.15) is 0 Å². The van der Waals surface area contributed by atoms with E-state index >= 15 is 0 Å². The van der Waals surface area contributed by atoms with Gasteiger partial charge in [0.2, 0.25) is 5.91 Å². The molecule has 1 aromatic heterocycles. The molecule has 0 saturated carbocycles. The van der Waals surface area contributed by atoms with E-state index in [0.29, 0.717) is 12.5 Å². The largest absolute Gasteiger partial charge is 0.386 e. The van der Waals surface area contributed by atoms with Crippen LogP contribution in [0.2, 0.25) is 0 Å². The van der Waals surface area contributed by atoms with Gasteiger partial charge in [-0.3, -0.25) is 9.69 Å². The van der Waals surface area contributed by atoms with Gasteiger partial charge in [0.15, 0.2) is 0 Å². The van der Waals surface area contributed by atoms with E-state index in [9.17, 15) is 9.90 Å². The van der Waals surface area contributed by atoms with Crippen LogP contribution in [0.4, 0.5) is 0 Å². The summed E-state index contributed by atoms with van der Waals surface area (Å²) in [6.07, 6.45) is 9.83. The van der Waals surface area contributed by atoms with Crippen molar-refractivity contribution in [3.63, 3.8) is 0 Å². The standard InChI is InChI=1S/C22H31N3O2/c1-22(2,27)10-8-16-6-7-20-19(13-16)17(15-24-20)14-18-5-4-11-25(18)12-9-21(26)23-3/h6-8,10,13,15,18,24,27H,4-5,9,11-12,14H2,1-3H3,(H,23,26)/b10-8+/t18-/m1/s1. The van der Waals surface area contributed by atoms with E-state index in [1.807, 2.05) is 12.2 Å². The zero-order valence-corrected chi connectivity index (χ0v) is 16.6. The molecule has 2 aromatic rings. The summed E-state index contributed by atoms with van der Waals surface area (Å²) in [6, 6.07) is 6.84.